The normalized spacial score (nSPS) is 11.0. The van der Waals surface area contributed by atoms with Gasteiger partial charge in [0.25, 0.3) is 0 Å². The lowest BCUT2D eigenvalue weighted by atomic mass is 10.0. The Labute approximate surface area is 114 Å². The number of hydrogen-bond donors (Lipinski definition) is 0. The number of benzene rings is 2. The van der Waals surface area contributed by atoms with Crippen molar-refractivity contribution in [1.29, 1.82) is 0 Å². The fraction of sp³-hybridized carbons (Fsp3) is 0.111. The number of ether oxygens (including phenoxy) is 1. The van der Waals surface area contributed by atoms with Crippen LogP contribution in [0.25, 0.3) is 11.6 Å². The molecule has 2 aromatic rings. The van der Waals surface area contributed by atoms with Gasteiger partial charge in [-0.2, -0.15) is 0 Å². The predicted molar refractivity (Wildman–Crippen MR) is 80.4 cm³/mol. The molecule has 0 fully saturated rings. The van der Waals surface area contributed by atoms with Crippen molar-refractivity contribution in [2.45, 2.75) is 0 Å². The SMILES string of the molecule is C#CCOCC(=Cc1ccccc1)c1ccccc1. The van der Waals surface area contributed by atoms with Crippen molar-refractivity contribution in [2.24, 2.45) is 0 Å². The van der Waals surface area contributed by atoms with E-state index in [0.29, 0.717) is 13.2 Å². The lowest BCUT2D eigenvalue weighted by Crippen LogP contribution is -1.98. The molecule has 0 unspecified atom stereocenters. The van der Waals surface area contributed by atoms with Crippen molar-refractivity contribution in [2.75, 3.05) is 13.2 Å². The first-order valence-electron chi connectivity index (χ1n) is 6.22. The molecular weight excluding hydrogens is 232 g/mol. The Hall–Kier alpha value is -2.30. The average Bonchev–Trinajstić information content (AvgIpc) is 2.48. The largest absolute Gasteiger partial charge is 0.364 e. The average molecular weight is 248 g/mol. The third-order valence-electron chi connectivity index (χ3n) is 2.73. The van der Waals surface area contributed by atoms with Gasteiger partial charge < -0.3 is 4.74 Å². The summed E-state index contributed by atoms with van der Waals surface area (Å²) in [6.45, 7) is 0.849. The van der Waals surface area contributed by atoms with Crippen LogP contribution >= 0.6 is 0 Å². The molecule has 0 spiro atoms. The monoisotopic (exact) mass is 248 g/mol. The maximum absolute atomic E-state index is 5.47. The van der Waals surface area contributed by atoms with E-state index in [1.165, 1.54) is 0 Å². The van der Waals surface area contributed by atoms with Crippen LogP contribution in [0.2, 0.25) is 0 Å². The molecular formula is C18H16O. The van der Waals surface area contributed by atoms with Gasteiger partial charge in [0.2, 0.25) is 0 Å². The fourth-order valence-electron chi connectivity index (χ4n) is 1.83. The zero-order valence-corrected chi connectivity index (χ0v) is 10.8. The molecule has 19 heavy (non-hydrogen) atoms. The van der Waals surface area contributed by atoms with Crippen LogP contribution in [-0.4, -0.2) is 13.2 Å². The summed E-state index contributed by atoms with van der Waals surface area (Å²) >= 11 is 0. The van der Waals surface area contributed by atoms with Gasteiger partial charge in [-0.25, -0.2) is 0 Å². The number of rotatable bonds is 5. The summed E-state index contributed by atoms with van der Waals surface area (Å²) < 4.78 is 5.47. The van der Waals surface area contributed by atoms with Crippen LogP contribution in [0.5, 0.6) is 0 Å². The molecule has 0 aliphatic rings. The Morgan fingerprint density at radius 2 is 1.63 bits per heavy atom. The highest BCUT2D eigenvalue weighted by molar-refractivity contribution is 5.82. The maximum Gasteiger partial charge on any atom is 0.107 e. The minimum Gasteiger partial charge on any atom is -0.364 e. The molecule has 0 amide bonds. The number of hydrogen-bond acceptors (Lipinski definition) is 1. The van der Waals surface area contributed by atoms with Crippen molar-refractivity contribution in [3.8, 4) is 12.3 Å². The quantitative estimate of drug-likeness (QED) is 0.443. The second-order valence-electron chi connectivity index (χ2n) is 4.14. The van der Waals surface area contributed by atoms with E-state index in [1.54, 1.807) is 0 Å². The smallest absolute Gasteiger partial charge is 0.107 e. The highest BCUT2D eigenvalue weighted by Crippen LogP contribution is 2.18. The molecule has 2 rings (SSSR count). The molecule has 2 aromatic carbocycles. The summed E-state index contributed by atoms with van der Waals surface area (Å²) in [5.74, 6) is 2.49. The first-order valence-corrected chi connectivity index (χ1v) is 6.22. The minimum atomic E-state index is 0.332. The van der Waals surface area contributed by atoms with Gasteiger partial charge in [0.05, 0.1) is 6.61 Å². The van der Waals surface area contributed by atoms with E-state index in [0.717, 1.165) is 16.7 Å². The van der Waals surface area contributed by atoms with Crippen molar-refractivity contribution >= 4 is 11.6 Å². The summed E-state index contributed by atoms with van der Waals surface area (Å²) in [4.78, 5) is 0. The van der Waals surface area contributed by atoms with Gasteiger partial charge in [-0.1, -0.05) is 66.6 Å². The Morgan fingerprint density at radius 3 is 2.26 bits per heavy atom. The Bertz CT molecular complexity index is 562. The van der Waals surface area contributed by atoms with Crippen molar-refractivity contribution in [3.05, 3.63) is 71.8 Å². The molecule has 1 heteroatoms. The highest BCUT2D eigenvalue weighted by atomic mass is 16.5. The molecule has 0 atom stereocenters. The third kappa shape index (κ3) is 4.13. The van der Waals surface area contributed by atoms with E-state index in [-0.39, 0.29) is 0 Å². The summed E-state index contributed by atoms with van der Waals surface area (Å²) in [5, 5.41) is 0. The summed E-state index contributed by atoms with van der Waals surface area (Å²) in [7, 11) is 0. The summed E-state index contributed by atoms with van der Waals surface area (Å²) in [6.07, 6.45) is 7.34. The molecule has 0 radical (unpaired) electrons. The van der Waals surface area contributed by atoms with Crippen LogP contribution in [-0.2, 0) is 4.74 Å². The van der Waals surface area contributed by atoms with E-state index >= 15 is 0 Å². The first-order chi connectivity index (χ1) is 9.40. The second-order valence-corrected chi connectivity index (χ2v) is 4.14. The topological polar surface area (TPSA) is 9.23 Å². The highest BCUT2D eigenvalue weighted by Gasteiger charge is 2.01. The lowest BCUT2D eigenvalue weighted by Gasteiger charge is -2.08. The van der Waals surface area contributed by atoms with Crippen LogP contribution in [0.1, 0.15) is 11.1 Å². The first kappa shape index (κ1) is 13.1. The molecule has 0 N–H and O–H groups in total. The maximum atomic E-state index is 5.47. The van der Waals surface area contributed by atoms with Gasteiger partial charge in [-0.05, 0) is 22.8 Å². The molecule has 94 valence electrons. The standard InChI is InChI=1S/C18H16O/c1-2-13-19-15-18(17-11-7-4-8-12-17)14-16-9-5-3-6-10-16/h1,3-12,14H,13,15H2. The minimum absolute atomic E-state index is 0.332. The molecule has 0 heterocycles. The van der Waals surface area contributed by atoms with Crippen LogP contribution in [0, 0.1) is 12.3 Å². The zero-order valence-electron chi connectivity index (χ0n) is 10.8. The lowest BCUT2D eigenvalue weighted by molar-refractivity contribution is 0.205. The van der Waals surface area contributed by atoms with Crippen LogP contribution < -0.4 is 0 Å². The van der Waals surface area contributed by atoms with Crippen molar-refractivity contribution < 1.29 is 4.74 Å². The molecule has 1 nitrogen and oxygen atoms in total. The van der Waals surface area contributed by atoms with Gasteiger partial charge in [0.1, 0.15) is 6.61 Å². The molecule has 0 bridgehead atoms. The molecule has 0 aliphatic heterocycles. The summed E-state index contributed by atoms with van der Waals surface area (Å²) in [6, 6.07) is 20.4. The van der Waals surface area contributed by atoms with Gasteiger partial charge in [0, 0.05) is 0 Å². The second kappa shape index (κ2) is 7.20. The van der Waals surface area contributed by atoms with Crippen molar-refractivity contribution in [1.82, 2.24) is 0 Å². The van der Waals surface area contributed by atoms with Crippen LogP contribution in [0.3, 0.4) is 0 Å². The van der Waals surface area contributed by atoms with Gasteiger partial charge in [-0.15, -0.1) is 6.42 Å². The molecule has 0 saturated carbocycles. The van der Waals surface area contributed by atoms with Gasteiger partial charge in [-0.3, -0.25) is 0 Å². The van der Waals surface area contributed by atoms with Crippen molar-refractivity contribution in [3.63, 3.8) is 0 Å². The van der Waals surface area contributed by atoms with E-state index in [1.807, 2.05) is 36.4 Å². The molecule has 0 aliphatic carbocycles. The number of terminal acetylenes is 1. The Morgan fingerprint density at radius 1 is 1.00 bits per heavy atom. The fourth-order valence-corrected chi connectivity index (χ4v) is 1.83. The van der Waals surface area contributed by atoms with Crippen LogP contribution in [0.4, 0.5) is 0 Å². The van der Waals surface area contributed by atoms with E-state index in [9.17, 15) is 0 Å². The van der Waals surface area contributed by atoms with E-state index < -0.39 is 0 Å². The zero-order chi connectivity index (χ0) is 13.3. The van der Waals surface area contributed by atoms with E-state index in [4.69, 9.17) is 11.2 Å². The Balaban J connectivity index is 2.25. The van der Waals surface area contributed by atoms with Crippen LogP contribution in [0.15, 0.2) is 60.7 Å². The predicted octanol–water partition coefficient (Wildman–Crippen LogP) is 3.88. The molecule has 0 saturated heterocycles. The van der Waals surface area contributed by atoms with Gasteiger partial charge >= 0.3 is 0 Å². The third-order valence-corrected chi connectivity index (χ3v) is 2.73. The Kier molecular flexibility index (Phi) is 4.98. The molecule has 0 aromatic heterocycles. The van der Waals surface area contributed by atoms with Gasteiger partial charge in [0.15, 0.2) is 0 Å². The summed E-state index contributed by atoms with van der Waals surface area (Å²) in [5.41, 5.74) is 3.44. The van der Waals surface area contributed by atoms with E-state index in [2.05, 4.69) is 36.3 Å².